The van der Waals surface area contributed by atoms with E-state index in [1.54, 1.807) is 0 Å². The molecular formula is C13H15F3N2O3S. The van der Waals surface area contributed by atoms with Crippen molar-refractivity contribution in [2.45, 2.75) is 12.8 Å². The highest BCUT2D eigenvalue weighted by molar-refractivity contribution is 7.89. The van der Waals surface area contributed by atoms with Gasteiger partial charge in [0.25, 0.3) is 5.91 Å². The summed E-state index contributed by atoms with van der Waals surface area (Å²) in [4.78, 5) is 11.7. The number of rotatable bonds is 4. The van der Waals surface area contributed by atoms with Crippen molar-refractivity contribution in [3.8, 4) is 0 Å². The van der Waals surface area contributed by atoms with Crippen LogP contribution in [0.25, 0.3) is 0 Å². The Balaban J connectivity index is 1.95. The lowest BCUT2D eigenvalue weighted by Gasteiger charge is -2.26. The predicted octanol–water partition coefficient (Wildman–Crippen LogP) is 1.26. The van der Waals surface area contributed by atoms with Gasteiger partial charge in [-0.3, -0.25) is 4.79 Å². The normalized spacial score (nSPS) is 18.1. The summed E-state index contributed by atoms with van der Waals surface area (Å²) in [6.45, 7) is 0.383. The number of benzene rings is 1. The van der Waals surface area contributed by atoms with Crippen LogP contribution in [0.3, 0.4) is 0 Å². The summed E-state index contributed by atoms with van der Waals surface area (Å²) in [5.41, 5.74) is -0.625. The second-order valence-electron chi connectivity index (χ2n) is 4.90. The molecule has 0 saturated carbocycles. The summed E-state index contributed by atoms with van der Waals surface area (Å²) in [6.07, 6.45) is 1.34. The molecule has 0 aromatic heterocycles. The molecule has 2 rings (SSSR count). The Morgan fingerprint density at radius 3 is 2.59 bits per heavy atom. The van der Waals surface area contributed by atoms with Crippen LogP contribution < -0.4 is 5.32 Å². The number of nitrogens with zero attached hydrogens (tertiary/aromatic N) is 1. The minimum absolute atomic E-state index is 0.0451. The van der Waals surface area contributed by atoms with E-state index in [1.807, 2.05) is 0 Å². The zero-order chi connectivity index (χ0) is 16.3. The highest BCUT2D eigenvalue weighted by Gasteiger charge is 2.25. The van der Waals surface area contributed by atoms with Crippen LogP contribution in [0, 0.1) is 17.5 Å². The molecule has 1 heterocycles. The average molecular weight is 336 g/mol. The van der Waals surface area contributed by atoms with E-state index in [0.29, 0.717) is 19.0 Å². The number of nitrogens with one attached hydrogen (secondary N) is 1. The number of sulfonamides is 1. The first-order chi connectivity index (χ1) is 10.3. The Morgan fingerprint density at radius 2 is 1.91 bits per heavy atom. The van der Waals surface area contributed by atoms with Gasteiger partial charge in [-0.1, -0.05) is 0 Å². The van der Waals surface area contributed by atoms with Crippen molar-refractivity contribution in [2.75, 3.05) is 25.4 Å². The monoisotopic (exact) mass is 336 g/mol. The van der Waals surface area contributed by atoms with Gasteiger partial charge < -0.3 is 5.32 Å². The van der Waals surface area contributed by atoms with Crippen LogP contribution in [0.1, 0.15) is 23.2 Å². The Bertz CT molecular complexity index is 679. The Morgan fingerprint density at radius 1 is 1.18 bits per heavy atom. The van der Waals surface area contributed by atoms with E-state index in [1.165, 1.54) is 4.31 Å². The van der Waals surface area contributed by atoms with Crippen molar-refractivity contribution in [3.63, 3.8) is 0 Å². The summed E-state index contributed by atoms with van der Waals surface area (Å²) in [5, 5.41) is 2.30. The summed E-state index contributed by atoms with van der Waals surface area (Å²) in [6, 6.07) is 1.49. The molecular weight excluding hydrogens is 321 g/mol. The van der Waals surface area contributed by atoms with Crippen LogP contribution in [0.5, 0.6) is 0 Å². The van der Waals surface area contributed by atoms with E-state index in [4.69, 9.17) is 0 Å². The Labute approximate surface area is 126 Å². The fourth-order valence-electron chi connectivity index (χ4n) is 2.18. The number of halogens is 3. The maximum absolute atomic E-state index is 13.4. The number of amides is 1. The van der Waals surface area contributed by atoms with Gasteiger partial charge in [0.15, 0.2) is 17.5 Å². The lowest BCUT2D eigenvalue weighted by Crippen LogP contribution is -2.42. The van der Waals surface area contributed by atoms with Gasteiger partial charge in [-0.05, 0) is 25.0 Å². The van der Waals surface area contributed by atoms with Crippen LogP contribution in [0.2, 0.25) is 0 Å². The van der Waals surface area contributed by atoms with Crippen LogP contribution in [0.4, 0.5) is 13.2 Å². The molecule has 1 aromatic carbocycles. The molecule has 0 unspecified atom stereocenters. The van der Waals surface area contributed by atoms with Gasteiger partial charge in [0.05, 0.1) is 11.3 Å². The van der Waals surface area contributed by atoms with Gasteiger partial charge in [0.1, 0.15) is 0 Å². The van der Waals surface area contributed by atoms with Gasteiger partial charge in [0.2, 0.25) is 10.0 Å². The molecule has 0 spiro atoms. The molecule has 122 valence electrons. The maximum Gasteiger partial charge on any atom is 0.254 e. The zero-order valence-corrected chi connectivity index (χ0v) is 12.4. The molecule has 0 bridgehead atoms. The molecule has 1 fully saturated rings. The summed E-state index contributed by atoms with van der Waals surface area (Å²) < 4.78 is 64.0. The van der Waals surface area contributed by atoms with Gasteiger partial charge in [0, 0.05) is 19.6 Å². The van der Waals surface area contributed by atoms with E-state index in [9.17, 15) is 26.4 Å². The minimum Gasteiger partial charge on any atom is -0.351 e. The summed E-state index contributed by atoms with van der Waals surface area (Å²) in [7, 11) is -3.31. The molecule has 0 aliphatic carbocycles. The molecule has 0 atom stereocenters. The molecule has 9 heteroatoms. The van der Waals surface area contributed by atoms with Crippen molar-refractivity contribution in [1.82, 2.24) is 9.62 Å². The van der Waals surface area contributed by atoms with Gasteiger partial charge >= 0.3 is 0 Å². The van der Waals surface area contributed by atoms with E-state index >= 15 is 0 Å². The van der Waals surface area contributed by atoms with Crippen molar-refractivity contribution >= 4 is 15.9 Å². The topological polar surface area (TPSA) is 66.5 Å². The highest BCUT2D eigenvalue weighted by Crippen LogP contribution is 2.15. The molecule has 1 saturated heterocycles. The van der Waals surface area contributed by atoms with Crippen molar-refractivity contribution in [3.05, 3.63) is 35.1 Å². The quantitative estimate of drug-likeness (QED) is 0.842. The number of hydrogen-bond donors (Lipinski definition) is 1. The van der Waals surface area contributed by atoms with Crippen molar-refractivity contribution in [2.24, 2.45) is 0 Å². The molecule has 22 heavy (non-hydrogen) atoms. The van der Waals surface area contributed by atoms with Crippen LogP contribution in [-0.4, -0.2) is 44.0 Å². The molecule has 1 amide bonds. The lowest BCUT2D eigenvalue weighted by atomic mass is 10.2. The number of carbonyl (C=O) groups is 1. The largest absolute Gasteiger partial charge is 0.351 e. The molecule has 1 N–H and O–H groups in total. The molecule has 1 aliphatic heterocycles. The summed E-state index contributed by atoms with van der Waals surface area (Å²) in [5.74, 6) is -5.52. The highest BCUT2D eigenvalue weighted by atomic mass is 32.2. The average Bonchev–Trinajstić information content (AvgIpc) is 2.46. The third-order valence-electron chi connectivity index (χ3n) is 3.38. The molecule has 1 aromatic rings. The first-order valence-electron chi connectivity index (χ1n) is 6.72. The van der Waals surface area contributed by atoms with E-state index in [-0.39, 0.29) is 18.8 Å². The smallest absolute Gasteiger partial charge is 0.254 e. The maximum atomic E-state index is 13.4. The van der Waals surface area contributed by atoms with Crippen LogP contribution in [0.15, 0.2) is 12.1 Å². The van der Waals surface area contributed by atoms with E-state index < -0.39 is 38.9 Å². The lowest BCUT2D eigenvalue weighted by molar-refractivity contribution is 0.0946. The first kappa shape index (κ1) is 16.8. The number of carbonyl (C=O) groups excluding carboxylic acids is 1. The molecule has 5 nitrogen and oxygen atoms in total. The Hall–Kier alpha value is -1.61. The van der Waals surface area contributed by atoms with Crippen LogP contribution in [-0.2, 0) is 10.0 Å². The predicted molar refractivity (Wildman–Crippen MR) is 73.2 cm³/mol. The minimum atomic E-state index is -3.31. The first-order valence-corrected chi connectivity index (χ1v) is 8.33. The Kier molecular flexibility index (Phi) is 5.07. The van der Waals surface area contributed by atoms with Gasteiger partial charge in [-0.2, -0.15) is 0 Å². The fourth-order valence-corrected chi connectivity index (χ4v) is 3.79. The standard InChI is InChI=1S/C13H15F3N2O3S/c14-10-4-3-9(11(15)12(10)16)13(19)17-5-7-18-6-1-2-8-22(18,20)21/h3-4H,1-2,5-8H2,(H,17,19). The third kappa shape index (κ3) is 3.58. The summed E-state index contributed by atoms with van der Waals surface area (Å²) >= 11 is 0. The van der Waals surface area contributed by atoms with Gasteiger partial charge in [-0.25, -0.2) is 25.9 Å². The molecule has 1 aliphatic rings. The number of hydrogen-bond acceptors (Lipinski definition) is 3. The van der Waals surface area contributed by atoms with Gasteiger partial charge in [-0.15, -0.1) is 0 Å². The van der Waals surface area contributed by atoms with E-state index in [0.717, 1.165) is 12.5 Å². The second-order valence-corrected chi connectivity index (χ2v) is 6.99. The SMILES string of the molecule is O=C(NCCN1CCCCS1(=O)=O)c1ccc(F)c(F)c1F. The van der Waals surface area contributed by atoms with Crippen LogP contribution >= 0.6 is 0 Å². The third-order valence-corrected chi connectivity index (χ3v) is 5.34. The zero-order valence-electron chi connectivity index (χ0n) is 11.6. The molecule has 0 radical (unpaired) electrons. The van der Waals surface area contributed by atoms with E-state index in [2.05, 4.69) is 5.32 Å². The van der Waals surface area contributed by atoms with Crippen molar-refractivity contribution in [1.29, 1.82) is 0 Å². The van der Waals surface area contributed by atoms with Crippen molar-refractivity contribution < 1.29 is 26.4 Å². The second kappa shape index (κ2) is 6.66. The fraction of sp³-hybridized carbons (Fsp3) is 0.462.